The fraction of sp³-hybridized carbons (Fsp3) is 0.450. The number of benzene rings is 1. The first-order chi connectivity index (χ1) is 12.6. The number of H-pyrrole nitrogens is 1. The number of carbonyl (C=O) groups excluding carboxylic acids is 1. The third-order valence-electron chi connectivity index (χ3n) is 5.67. The highest BCUT2D eigenvalue weighted by Gasteiger charge is 2.40. The minimum Gasteiger partial charge on any atom is -0.482 e. The van der Waals surface area contributed by atoms with Crippen LogP contribution in [0.15, 0.2) is 46.3 Å². The second kappa shape index (κ2) is 7.37. The summed E-state index contributed by atoms with van der Waals surface area (Å²) in [6.45, 7) is 4.59. The van der Waals surface area contributed by atoms with Gasteiger partial charge in [0.2, 0.25) is 0 Å². The molecule has 5 nitrogen and oxygen atoms in total. The molecule has 3 saturated heterocycles. The Balaban J connectivity index is 1.39. The van der Waals surface area contributed by atoms with E-state index >= 15 is 0 Å². The van der Waals surface area contributed by atoms with E-state index in [-0.39, 0.29) is 11.9 Å². The minimum absolute atomic E-state index is 0.0358. The molecular weight excluding hydrogens is 346 g/mol. The molecule has 3 aliphatic heterocycles. The second-order valence-corrected chi connectivity index (χ2v) is 8.25. The van der Waals surface area contributed by atoms with Gasteiger partial charge in [-0.25, -0.2) is 0 Å². The van der Waals surface area contributed by atoms with E-state index in [9.17, 15) is 4.79 Å². The van der Waals surface area contributed by atoms with Crippen molar-refractivity contribution in [1.29, 1.82) is 0 Å². The molecule has 0 spiro atoms. The van der Waals surface area contributed by atoms with Crippen LogP contribution in [0.3, 0.4) is 0 Å². The molecule has 26 heavy (non-hydrogen) atoms. The Bertz CT molecular complexity index is 764. The predicted octanol–water partition coefficient (Wildman–Crippen LogP) is 3.39. The molecule has 0 aliphatic carbocycles. The number of hydrogen-bond donors (Lipinski definition) is 2. The summed E-state index contributed by atoms with van der Waals surface area (Å²) in [5, 5.41) is 4.30. The highest BCUT2D eigenvalue weighted by molar-refractivity contribution is 7.99. The molecule has 4 heterocycles. The average Bonchev–Trinajstić information content (AvgIpc) is 3.13. The van der Waals surface area contributed by atoms with Gasteiger partial charge in [-0.15, -0.1) is 0 Å². The SMILES string of the molecule is COc1ccc(Sc2ccc(C(=O)N[C@@H]3C4CCN(CC4)C3C)cc2)[nH]1. The van der Waals surface area contributed by atoms with E-state index < -0.39 is 0 Å². The molecule has 1 aromatic carbocycles. The van der Waals surface area contributed by atoms with Crippen molar-refractivity contribution in [3.05, 3.63) is 42.0 Å². The Labute approximate surface area is 158 Å². The number of methoxy groups -OCH3 is 1. The Kier molecular flexibility index (Phi) is 4.96. The van der Waals surface area contributed by atoms with Gasteiger partial charge in [0.05, 0.1) is 12.1 Å². The smallest absolute Gasteiger partial charge is 0.251 e. The van der Waals surface area contributed by atoms with Gasteiger partial charge in [-0.1, -0.05) is 11.8 Å². The van der Waals surface area contributed by atoms with E-state index in [1.165, 1.54) is 25.9 Å². The number of piperidine rings is 3. The largest absolute Gasteiger partial charge is 0.482 e. The number of aromatic amines is 1. The van der Waals surface area contributed by atoms with Crippen LogP contribution in [-0.2, 0) is 0 Å². The fourth-order valence-electron chi connectivity index (χ4n) is 4.12. The second-order valence-electron chi connectivity index (χ2n) is 7.13. The van der Waals surface area contributed by atoms with Crippen LogP contribution in [-0.4, -0.2) is 48.1 Å². The van der Waals surface area contributed by atoms with E-state index in [0.29, 0.717) is 12.0 Å². The molecule has 138 valence electrons. The van der Waals surface area contributed by atoms with Gasteiger partial charge in [-0.05, 0) is 69.1 Å². The van der Waals surface area contributed by atoms with E-state index in [2.05, 4.69) is 22.1 Å². The summed E-state index contributed by atoms with van der Waals surface area (Å²) in [6, 6.07) is 12.4. The summed E-state index contributed by atoms with van der Waals surface area (Å²) in [4.78, 5) is 19.4. The van der Waals surface area contributed by atoms with E-state index in [1.54, 1.807) is 18.9 Å². The Morgan fingerprint density at radius 1 is 1.19 bits per heavy atom. The van der Waals surface area contributed by atoms with Gasteiger partial charge in [0.15, 0.2) is 5.88 Å². The zero-order valence-corrected chi connectivity index (χ0v) is 16.0. The first kappa shape index (κ1) is 17.5. The highest BCUT2D eigenvalue weighted by Crippen LogP contribution is 2.32. The third kappa shape index (κ3) is 3.48. The van der Waals surface area contributed by atoms with Crippen LogP contribution in [0, 0.1) is 5.92 Å². The van der Waals surface area contributed by atoms with Crippen LogP contribution in [0.25, 0.3) is 0 Å². The molecule has 0 saturated carbocycles. The Hall–Kier alpha value is -1.92. The van der Waals surface area contributed by atoms with Crippen LogP contribution >= 0.6 is 11.8 Å². The quantitative estimate of drug-likeness (QED) is 0.846. The molecule has 2 bridgehead atoms. The highest BCUT2D eigenvalue weighted by atomic mass is 32.2. The summed E-state index contributed by atoms with van der Waals surface area (Å²) < 4.78 is 5.16. The molecule has 1 unspecified atom stereocenters. The van der Waals surface area contributed by atoms with Gasteiger partial charge in [0.25, 0.3) is 5.91 Å². The first-order valence-corrected chi connectivity index (χ1v) is 10.0. The summed E-state index contributed by atoms with van der Waals surface area (Å²) in [5.41, 5.74) is 0.724. The molecule has 3 fully saturated rings. The van der Waals surface area contributed by atoms with E-state index in [0.717, 1.165) is 21.4 Å². The van der Waals surface area contributed by atoms with E-state index in [4.69, 9.17) is 4.74 Å². The zero-order chi connectivity index (χ0) is 18.1. The zero-order valence-electron chi connectivity index (χ0n) is 15.2. The average molecular weight is 372 g/mol. The van der Waals surface area contributed by atoms with Crippen molar-refractivity contribution in [3.63, 3.8) is 0 Å². The lowest BCUT2D eigenvalue weighted by Gasteiger charge is -2.49. The third-order valence-corrected chi connectivity index (χ3v) is 6.64. The molecule has 1 amide bonds. The van der Waals surface area contributed by atoms with Crippen LogP contribution in [0.5, 0.6) is 5.88 Å². The van der Waals surface area contributed by atoms with Crippen molar-refractivity contribution in [2.24, 2.45) is 5.92 Å². The molecule has 1 aromatic heterocycles. The summed E-state index contributed by atoms with van der Waals surface area (Å²) in [7, 11) is 1.64. The van der Waals surface area contributed by atoms with Crippen molar-refractivity contribution in [2.75, 3.05) is 20.2 Å². The van der Waals surface area contributed by atoms with Crippen LogP contribution in [0.4, 0.5) is 0 Å². The van der Waals surface area contributed by atoms with Gasteiger partial charge in [-0.3, -0.25) is 9.69 Å². The van der Waals surface area contributed by atoms with Gasteiger partial charge in [-0.2, -0.15) is 0 Å². The number of rotatable bonds is 5. The predicted molar refractivity (Wildman–Crippen MR) is 103 cm³/mol. The van der Waals surface area contributed by atoms with Crippen LogP contribution < -0.4 is 10.1 Å². The summed E-state index contributed by atoms with van der Waals surface area (Å²) in [6.07, 6.45) is 2.40. The molecule has 3 aliphatic rings. The topological polar surface area (TPSA) is 57.4 Å². The molecule has 6 heteroatoms. The molecule has 2 aromatic rings. The van der Waals surface area contributed by atoms with Gasteiger partial charge < -0.3 is 15.0 Å². The Morgan fingerprint density at radius 3 is 2.54 bits per heavy atom. The number of ether oxygens (including phenoxy) is 1. The summed E-state index contributed by atoms with van der Waals surface area (Å²) in [5.74, 6) is 1.40. The number of fused-ring (bicyclic) bond motifs is 3. The van der Waals surface area contributed by atoms with Gasteiger partial charge >= 0.3 is 0 Å². The van der Waals surface area contributed by atoms with Crippen molar-refractivity contribution in [3.8, 4) is 5.88 Å². The van der Waals surface area contributed by atoms with Crippen LogP contribution in [0.1, 0.15) is 30.1 Å². The molecule has 2 N–H and O–H groups in total. The van der Waals surface area contributed by atoms with Crippen LogP contribution in [0.2, 0.25) is 0 Å². The number of carbonyl (C=O) groups is 1. The van der Waals surface area contributed by atoms with Crippen molar-refractivity contribution >= 4 is 17.7 Å². The lowest BCUT2D eigenvalue weighted by molar-refractivity contribution is 0.0217. The molecule has 5 rings (SSSR count). The van der Waals surface area contributed by atoms with Gasteiger partial charge in [0.1, 0.15) is 0 Å². The number of aromatic nitrogens is 1. The summed E-state index contributed by atoms with van der Waals surface area (Å²) >= 11 is 1.62. The van der Waals surface area contributed by atoms with E-state index in [1.807, 2.05) is 36.4 Å². The molecule has 2 atom stereocenters. The normalized spacial score (nSPS) is 27.3. The van der Waals surface area contributed by atoms with Crippen molar-refractivity contribution in [2.45, 2.75) is 41.8 Å². The van der Waals surface area contributed by atoms with Crippen molar-refractivity contribution in [1.82, 2.24) is 15.2 Å². The number of nitrogens with one attached hydrogen (secondary N) is 2. The lowest BCUT2D eigenvalue weighted by atomic mass is 9.79. The minimum atomic E-state index is 0.0358. The fourth-order valence-corrected chi connectivity index (χ4v) is 4.93. The maximum Gasteiger partial charge on any atom is 0.251 e. The Morgan fingerprint density at radius 2 is 1.92 bits per heavy atom. The standard InChI is InChI=1S/C20H25N3O2S/c1-13-19(14-9-11-23(13)12-10-14)22-20(24)15-3-5-16(6-4-15)26-18-8-7-17(21-18)25-2/h3-8,13-14,19,21H,9-12H2,1-2H3,(H,22,24)/t13?,19-/m0/s1. The van der Waals surface area contributed by atoms with Gasteiger partial charge in [0, 0.05) is 28.6 Å². The monoisotopic (exact) mass is 371 g/mol. The van der Waals surface area contributed by atoms with Crippen molar-refractivity contribution < 1.29 is 9.53 Å². The maximum atomic E-state index is 12.7. The lowest BCUT2D eigenvalue weighted by Crippen LogP contribution is -2.62. The number of nitrogens with zero attached hydrogens (tertiary/aromatic N) is 1. The first-order valence-electron chi connectivity index (χ1n) is 9.20. The maximum absolute atomic E-state index is 12.7. The molecular formula is C20H25N3O2S. The number of hydrogen-bond acceptors (Lipinski definition) is 4. The number of amides is 1. The molecule has 0 radical (unpaired) electrons.